The highest BCUT2D eigenvalue weighted by molar-refractivity contribution is 5.14. The first-order valence-electron chi connectivity index (χ1n) is 6.50. The number of hydrogen-bond acceptors (Lipinski definition) is 2. The van der Waals surface area contributed by atoms with Crippen molar-refractivity contribution < 1.29 is 0 Å². The van der Waals surface area contributed by atoms with E-state index in [4.69, 9.17) is 4.98 Å². The minimum absolute atomic E-state index is 0.657. The van der Waals surface area contributed by atoms with Gasteiger partial charge in [-0.2, -0.15) is 0 Å². The second-order valence-corrected chi connectivity index (χ2v) is 5.48. The van der Waals surface area contributed by atoms with Gasteiger partial charge in [0.05, 0.1) is 5.69 Å². The van der Waals surface area contributed by atoms with Crippen LogP contribution in [-0.2, 0) is 6.42 Å². The summed E-state index contributed by atoms with van der Waals surface area (Å²) < 4.78 is 2.41. The van der Waals surface area contributed by atoms with Gasteiger partial charge in [0.15, 0.2) is 0 Å². The van der Waals surface area contributed by atoms with E-state index in [1.165, 1.54) is 50.3 Å². The molecule has 0 aromatic carbocycles. The van der Waals surface area contributed by atoms with E-state index in [2.05, 4.69) is 29.6 Å². The highest BCUT2D eigenvalue weighted by atomic mass is 15.1. The molecule has 1 fully saturated rings. The summed E-state index contributed by atoms with van der Waals surface area (Å²) in [6, 6.07) is 0.657. The van der Waals surface area contributed by atoms with Crippen molar-refractivity contribution in [3.63, 3.8) is 0 Å². The smallest absolute Gasteiger partial charge is 0.109 e. The van der Waals surface area contributed by atoms with Crippen LogP contribution in [0.5, 0.6) is 0 Å². The van der Waals surface area contributed by atoms with Crippen molar-refractivity contribution in [1.29, 1.82) is 0 Å². The number of imidazole rings is 1. The summed E-state index contributed by atoms with van der Waals surface area (Å²) in [5.74, 6) is 2.00. The Morgan fingerprint density at radius 1 is 1.38 bits per heavy atom. The third-order valence-electron chi connectivity index (χ3n) is 4.13. The molecule has 0 bridgehead atoms. The van der Waals surface area contributed by atoms with E-state index in [0.29, 0.717) is 12.0 Å². The van der Waals surface area contributed by atoms with Crippen LogP contribution in [0, 0.1) is 0 Å². The van der Waals surface area contributed by atoms with Gasteiger partial charge in [-0.15, -0.1) is 0 Å². The normalized spacial score (nSPS) is 30.6. The molecule has 3 nitrogen and oxygen atoms in total. The fourth-order valence-electron chi connectivity index (χ4n) is 3.09. The lowest BCUT2D eigenvalue weighted by Gasteiger charge is -2.20. The van der Waals surface area contributed by atoms with Gasteiger partial charge < -0.3 is 9.47 Å². The average molecular weight is 219 g/mol. The van der Waals surface area contributed by atoms with Crippen molar-refractivity contribution in [2.45, 2.75) is 44.6 Å². The molecule has 2 unspecified atom stereocenters. The van der Waals surface area contributed by atoms with Gasteiger partial charge in [0.2, 0.25) is 0 Å². The maximum Gasteiger partial charge on any atom is 0.109 e. The Hall–Kier alpha value is -0.830. The van der Waals surface area contributed by atoms with E-state index in [0.717, 1.165) is 0 Å². The fraction of sp³-hybridized carbons (Fsp3) is 0.769. The van der Waals surface area contributed by atoms with E-state index >= 15 is 0 Å². The fourth-order valence-corrected chi connectivity index (χ4v) is 3.09. The third-order valence-corrected chi connectivity index (χ3v) is 4.13. The lowest BCUT2D eigenvalue weighted by Crippen LogP contribution is -2.14. The van der Waals surface area contributed by atoms with Crippen molar-refractivity contribution >= 4 is 0 Å². The molecule has 0 N–H and O–H groups in total. The van der Waals surface area contributed by atoms with Crippen molar-refractivity contribution in [3.05, 3.63) is 17.7 Å². The van der Waals surface area contributed by atoms with Crippen LogP contribution in [0.25, 0.3) is 0 Å². The minimum atomic E-state index is 0.657. The summed E-state index contributed by atoms with van der Waals surface area (Å²) in [6.45, 7) is 4.72. The monoisotopic (exact) mass is 219 g/mol. The van der Waals surface area contributed by atoms with Gasteiger partial charge in [-0.25, -0.2) is 4.98 Å². The number of nitrogens with zero attached hydrogens (tertiary/aromatic N) is 3. The molecule has 3 heteroatoms. The molecule has 3 heterocycles. The van der Waals surface area contributed by atoms with Gasteiger partial charge >= 0.3 is 0 Å². The molecule has 0 radical (unpaired) electrons. The first-order valence-corrected chi connectivity index (χ1v) is 6.50. The molecule has 1 aromatic rings. The number of aromatic nitrogens is 2. The molecule has 0 amide bonds. The van der Waals surface area contributed by atoms with Crippen molar-refractivity contribution in [2.24, 2.45) is 0 Å². The zero-order valence-electron chi connectivity index (χ0n) is 10.3. The first kappa shape index (κ1) is 10.3. The van der Waals surface area contributed by atoms with E-state index in [-0.39, 0.29) is 0 Å². The van der Waals surface area contributed by atoms with Crippen LogP contribution in [0.1, 0.15) is 49.7 Å². The second kappa shape index (κ2) is 3.88. The minimum Gasteiger partial charge on any atom is -0.332 e. The van der Waals surface area contributed by atoms with E-state index < -0.39 is 0 Å². The number of hydrogen-bond donors (Lipinski definition) is 0. The molecular formula is C13H21N3. The zero-order chi connectivity index (χ0) is 11.1. The summed E-state index contributed by atoms with van der Waals surface area (Å²) >= 11 is 0. The predicted octanol–water partition coefficient (Wildman–Crippen LogP) is 2.20. The van der Waals surface area contributed by atoms with Gasteiger partial charge in [0, 0.05) is 31.1 Å². The quantitative estimate of drug-likeness (QED) is 0.722. The van der Waals surface area contributed by atoms with E-state index in [1.807, 2.05) is 0 Å². The van der Waals surface area contributed by atoms with Crippen LogP contribution in [0.3, 0.4) is 0 Å². The molecule has 2 atom stereocenters. The maximum atomic E-state index is 4.85. The Morgan fingerprint density at radius 2 is 2.25 bits per heavy atom. The Balaban J connectivity index is 1.86. The Morgan fingerprint density at radius 3 is 2.94 bits per heavy atom. The number of likely N-dealkylation sites (N-methyl/N-ethyl adjacent to an activating group) is 1. The van der Waals surface area contributed by atoms with Crippen LogP contribution in [-0.4, -0.2) is 34.6 Å². The molecule has 2 aliphatic rings. The molecule has 88 valence electrons. The van der Waals surface area contributed by atoms with Crippen LogP contribution in [0.2, 0.25) is 0 Å². The summed E-state index contributed by atoms with van der Waals surface area (Å²) in [4.78, 5) is 7.26. The second-order valence-electron chi connectivity index (χ2n) is 5.48. The molecular weight excluding hydrogens is 198 g/mol. The van der Waals surface area contributed by atoms with Crippen LogP contribution < -0.4 is 0 Å². The topological polar surface area (TPSA) is 21.1 Å². The van der Waals surface area contributed by atoms with Gasteiger partial charge in [-0.3, -0.25) is 0 Å². The number of rotatable bonds is 1. The van der Waals surface area contributed by atoms with Crippen molar-refractivity contribution in [2.75, 3.05) is 20.1 Å². The van der Waals surface area contributed by atoms with Gasteiger partial charge in [0.25, 0.3) is 0 Å². The van der Waals surface area contributed by atoms with E-state index in [9.17, 15) is 0 Å². The predicted molar refractivity (Wildman–Crippen MR) is 64.7 cm³/mol. The van der Waals surface area contributed by atoms with Gasteiger partial charge in [-0.1, -0.05) is 0 Å². The Kier molecular flexibility index (Phi) is 2.51. The largest absolute Gasteiger partial charge is 0.332 e. The molecule has 2 aliphatic heterocycles. The lowest BCUT2D eigenvalue weighted by atomic mass is 10.1. The summed E-state index contributed by atoms with van der Waals surface area (Å²) in [5, 5.41) is 0. The molecule has 1 saturated heterocycles. The summed E-state index contributed by atoms with van der Waals surface area (Å²) in [5.41, 5.74) is 1.34. The number of likely N-dealkylation sites (tertiary alicyclic amines) is 1. The van der Waals surface area contributed by atoms with Crippen LogP contribution >= 0.6 is 0 Å². The summed E-state index contributed by atoms with van der Waals surface area (Å²) in [7, 11) is 2.21. The van der Waals surface area contributed by atoms with Crippen molar-refractivity contribution in [3.8, 4) is 0 Å². The standard InChI is InChI=1S/C13H21N3/c1-10-4-3-5-13-14-12(9-16(10)13)11-6-7-15(2)8-11/h9-11H,3-8H2,1-2H3. The molecule has 0 spiro atoms. The first-order chi connectivity index (χ1) is 7.74. The third kappa shape index (κ3) is 1.67. The molecule has 16 heavy (non-hydrogen) atoms. The maximum absolute atomic E-state index is 4.85. The Labute approximate surface area is 97.5 Å². The zero-order valence-corrected chi connectivity index (χ0v) is 10.3. The van der Waals surface area contributed by atoms with Crippen LogP contribution in [0.4, 0.5) is 0 Å². The highest BCUT2D eigenvalue weighted by Gasteiger charge is 2.26. The van der Waals surface area contributed by atoms with Crippen molar-refractivity contribution in [1.82, 2.24) is 14.5 Å². The van der Waals surface area contributed by atoms with Gasteiger partial charge in [0.1, 0.15) is 5.82 Å². The number of aryl methyl sites for hydroxylation is 1. The van der Waals surface area contributed by atoms with E-state index in [1.54, 1.807) is 0 Å². The SMILES string of the molecule is CC1CCCc2nc(C3CCN(C)C3)cn21. The molecule has 0 saturated carbocycles. The molecule has 0 aliphatic carbocycles. The van der Waals surface area contributed by atoms with Gasteiger partial charge in [-0.05, 0) is 39.8 Å². The lowest BCUT2D eigenvalue weighted by molar-refractivity contribution is 0.410. The molecule has 3 rings (SSSR count). The Bertz CT molecular complexity index is 383. The summed E-state index contributed by atoms with van der Waals surface area (Å²) in [6.07, 6.45) is 7.40. The number of fused-ring (bicyclic) bond motifs is 1. The molecule has 1 aromatic heterocycles. The average Bonchev–Trinajstić information content (AvgIpc) is 2.84. The van der Waals surface area contributed by atoms with Crippen LogP contribution in [0.15, 0.2) is 6.20 Å². The highest BCUT2D eigenvalue weighted by Crippen LogP contribution is 2.30.